The molecule has 40 heavy (non-hydrogen) atoms. The molecular formula is C36H24N4. The predicted octanol–water partition coefficient (Wildman–Crippen LogP) is 8.96. The zero-order valence-corrected chi connectivity index (χ0v) is 22.0. The van der Waals surface area contributed by atoms with Crippen molar-refractivity contribution in [1.29, 1.82) is 10.5 Å². The summed E-state index contributed by atoms with van der Waals surface area (Å²) >= 11 is 0. The van der Waals surface area contributed by atoms with Gasteiger partial charge in [0.05, 0.1) is 34.7 Å². The minimum absolute atomic E-state index is 0.366. The van der Waals surface area contributed by atoms with Crippen LogP contribution in [-0.4, -0.2) is 9.13 Å². The third-order valence-corrected chi connectivity index (χ3v) is 7.83. The topological polar surface area (TPSA) is 57.4 Å². The second kappa shape index (κ2) is 9.31. The van der Waals surface area contributed by atoms with E-state index in [1.54, 1.807) is 6.92 Å². The molecule has 0 saturated heterocycles. The van der Waals surface area contributed by atoms with Gasteiger partial charge in [-0.3, -0.25) is 0 Å². The molecule has 5 aromatic carbocycles. The van der Waals surface area contributed by atoms with Gasteiger partial charge in [0.1, 0.15) is 6.07 Å². The summed E-state index contributed by atoms with van der Waals surface area (Å²) in [5, 5.41) is 26.8. The average Bonchev–Trinajstić information content (AvgIpc) is 3.50. The van der Waals surface area contributed by atoms with Gasteiger partial charge in [-0.15, -0.1) is 0 Å². The first kappa shape index (κ1) is 23.5. The van der Waals surface area contributed by atoms with Gasteiger partial charge in [-0.2, -0.15) is 10.5 Å². The number of allylic oxidation sites excluding steroid dienone is 4. The van der Waals surface area contributed by atoms with Crippen molar-refractivity contribution in [3.63, 3.8) is 0 Å². The summed E-state index contributed by atoms with van der Waals surface area (Å²) in [6, 6.07) is 42.6. The van der Waals surface area contributed by atoms with Crippen LogP contribution in [0.25, 0.3) is 60.1 Å². The van der Waals surface area contributed by atoms with E-state index in [1.165, 1.54) is 21.5 Å². The molecule has 7 rings (SSSR count). The van der Waals surface area contributed by atoms with Crippen molar-refractivity contribution in [1.82, 2.24) is 9.13 Å². The fourth-order valence-corrected chi connectivity index (χ4v) is 5.93. The van der Waals surface area contributed by atoms with Gasteiger partial charge in [0.25, 0.3) is 0 Å². The van der Waals surface area contributed by atoms with E-state index in [-0.39, 0.29) is 0 Å². The molecule has 0 aliphatic carbocycles. The lowest BCUT2D eigenvalue weighted by atomic mass is 10.1. The number of nitrogens with zero attached hydrogens (tertiary/aromatic N) is 4. The van der Waals surface area contributed by atoms with E-state index < -0.39 is 0 Å². The Labute approximate surface area is 231 Å². The summed E-state index contributed by atoms with van der Waals surface area (Å²) in [4.78, 5) is 0. The Balaban J connectivity index is 1.57. The van der Waals surface area contributed by atoms with Crippen molar-refractivity contribution in [2.75, 3.05) is 0 Å². The summed E-state index contributed by atoms with van der Waals surface area (Å²) in [6.07, 6.45) is 1.89. The Morgan fingerprint density at radius 2 is 1.15 bits per heavy atom. The van der Waals surface area contributed by atoms with Crippen LogP contribution in [0.3, 0.4) is 0 Å². The predicted molar refractivity (Wildman–Crippen MR) is 165 cm³/mol. The number of rotatable bonds is 4. The van der Waals surface area contributed by atoms with Gasteiger partial charge in [-0.1, -0.05) is 78.9 Å². The molecule has 0 aliphatic heterocycles. The highest BCUT2D eigenvalue weighted by molar-refractivity contribution is 6.13. The van der Waals surface area contributed by atoms with Gasteiger partial charge in [0.2, 0.25) is 0 Å². The maximum absolute atomic E-state index is 10.1. The Bertz CT molecular complexity index is 2220. The Kier molecular flexibility index (Phi) is 5.48. The van der Waals surface area contributed by atoms with Crippen LogP contribution < -0.4 is 0 Å². The van der Waals surface area contributed by atoms with Crippen LogP contribution in [0.15, 0.2) is 126 Å². The molecule has 0 spiro atoms. The van der Waals surface area contributed by atoms with Gasteiger partial charge in [0.15, 0.2) is 0 Å². The van der Waals surface area contributed by atoms with Crippen LogP contribution in [0.4, 0.5) is 0 Å². The van der Waals surface area contributed by atoms with Gasteiger partial charge in [0, 0.05) is 38.3 Å². The molecule has 0 fully saturated rings. The van der Waals surface area contributed by atoms with Crippen LogP contribution in [-0.2, 0) is 6.54 Å². The highest BCUT2D eigenvalue weighted by Crippen LogP contribution is 2.36. The highest BCUT2D eigenvalue weighted by atomic mass is 15.1. The first-order valence-electron chi connectivity index (χ1n) is 13.3. The largest absolute Gasteiger partial charge is 0.334 e. The zero-order valence-electron chi connectivity index (χ0n) is 22.0. The average molecular weight is 513 g/mol. The smallest absolute Gasteiger partial charge is 0.100 e. The molecule has 0 N–H and O–H groups in total. The molecule has 4 nitrogen and oxygen atoms in total. The SMILES string of the molecule is C/C(C#N)=C(C#N)\C=C(/Cn1c2ccccc2c2cc3ccccc3cc21)n1c2ccccc2c2ccccc21. The minimum Gasteiger partial charge on any atom is -0.334 e. The Morgan fingerprint density at radius 3 is 1.75 bits per heavy atom. The second-order valence-electron chi connectivity index (χ2n) is 10.1. The third kappa shape index (κ3) is 3.59. The number of nitriles is 2. The first-order valence-corrected chi connectivity index (χ1v) is 13.3. The zero-order chi connectivity index (χ0) is 27.2. The summed E-state index contributed by atoms with van der Waals surface area (Å²) in [7, 11) is 0. The van der Waals surface area contributed by atoms with Crippen molar-refractivity contribution >= 4 is 60.1 Å². The summed E-state index contributed by atoms with van der Waals surface area (Å²) < 4.78 is 4.58. The molecule has 0 saturated carbocycles. The van der Waals surface area contributed by atoms with Gasteiger partial charge >= 0.3 is 0 Å². The molecule has 2 aromatic heterocycles. The van der Waals surface area contributed by atoms with E-state index in [0.717, 1.165) is 38.5 Å². The van der Waals surface area contributed by atoms with E-state index in [4.69, 9.17) is 0 Å². The first-order chi connectivity index (χ1) is 19.7. The number of hydrogen-bond acceptors (Lipinski definition) is 2. The van der Waals surface area contributed by atoms with E-state index in [1.807, 2.05) is 18.2 Å². The lowest BCUT2D eigenvalue weighted by molar-refractivity contribution is 0.874. The van der Waals surface area contributed by atoms with Crippen molar-refractivity contribution in [3.8, 4) is 12.1 Å². The molecule has 0 atom stereocenters. The fraction of sp³-hybridized carbons (Fsp3) is 0.0556. The number of fused-ring (bicyclic) bond motifs is 7. The maximum Gasteiger partial charge on any atom is 0.100 e. The van der Waals surface area contributed by atoms with Crippen LogP contribution >= 0.6 is 0 Å². The number of benzene rings is 5. The standard InChI is InChI=1S/C36H24N4/c1-24(21-37)27(22-38)18-28(40-34-16-8-5-12-29(34)30-13-6-9-17-35(30)40)23-39-33-15-7-4-14-31(33)32-19-25-10-2-3-11-26(25)20-36(32)39/h2-20H,23H2,1H3/b27-24-,28-18+. The molecule has 0 radical (unpaired) electrons. The second-order valence-corrected chi connectivity index (χ2v) is 10.1. The van der Waals surface area contributed by atoms with E-state index >= 15 is 0 Å². The normalized spacial score (nSPS) is 12.7. The van der Waals surface area contributed by atoms with Crippen LogP contribution in [0.5, 0.6) is 0 Å². The maximum atomic E-state index is 10.1. The van der Waals surface area contributed by atoms with Gasteiger partial charge in [-0.05, 0) is 54.1 Å². The van der Waals surface area contributed by atoms with Crippen molar-refractivity contribution in [2.24, 2.45) is 0 Å². The molecule has 0 aliphatic rings. The number of hydrogen-bond donors (Lipinski definition) is 0. The molecule has 2 heterocycles. The molecule has 7 aromatic rings. The summed E-state index contributed by atoms with van der Waals surface area (Å²) in [5.41, 5.74) is 6.06. The summed E-state index contributed by atoms with van der Waals surface area (Å²) in [5.74, 6) is 0. The van der Waals surface area contributed by atoms with E-state index in [0.29, 0.717) is 17.7 Å². The Morgan fingerprint density at radius 1 is 0.625 bits per heavy atom. The molecule has 4 heteroatoms. The third-order valence-electron chi connectivity index (χ3n) is 7.83. The number of para-hydroxylation sites is 3. The molecule has 0 amide bonds. The van der Waals surface area contributed by atoms with Crippen molar-refractivity contribution < 1.29 is 0 Å². The quantitative estimate of drug-likeness (QED) is 0.175. The van der Waals surface area contributed by atoms with E-state index in [2.05, 4.69) is 118 Å². The van der Waals surface area contributed by atoms with Gasteiger partial charge in [-0.25, -0.2) is 0 Å². The fourth-order valence-electron chi connectivity index (χ4n) is 5.93. The molecule has 188 valence electrons. The monoisotopic (exact) mass is 512 g/mol. The lowest BCUT2D eigenvalue weighted by Crippen LogP contribution is -2.07. The van der Waals surface area contributed by atoms with Crippen LogP contribution in [0.2, 0.25) is 0 Å². The van der Waals surface area contributed by atoms with Gasteiger partial charge < -0.3 is 9.13 Å². The van der Waals surface area contributed by atoms with Crippen LogP contribution in [0.1, 0.15) is 6.92 Å². The highest BCUT2D eigenvalue weighted by Gasteiger charge is 2.18. The summed E-state index contributed by atoms with van der Waals surface area (Å²) in [6.45, 7) is 2.21. The molecule has 0 bridgehead atoms. The molecule has 0 unspecified atom stereocenters. The molecular weight excluding hydrogens is 488 g/mol. The number of aromatic nitrogens is 2. The van der Waals surface area contributed by atoms with Crippen LogP contribution in [0, 0.1) is 22.7 Å². The minimum atomic E-state index is 0.366. The Hall–Kier alpha value is -5.58. The van der Waals surface area contributed by atoms with E-state index in [9.17, 15) is 10.5 Å². The lowest BCUT2D eigenvalue weighted by Gasteiger charge is -2.16. The van der Waals surface area contributed by atoms with Crippen molar-refractivity contribution in [3.05, 3.63) is 126 Å². The van der Waals surface area contributed by atoms with Crippen molar-refractivity contribution in [2.45, 2.75) is 13.5 Å².